The summed E-state index contributed by atoms with van der Waals surface area (Å²) in [5.41, 5.74) is 18.5. The lowest BCUT2D eigenvalue weighted by molar-refractivity contribution is 0.0462. The molecule has 0 aromatic heterocycles. The third-order valence-corrected chi connectivity index (χ3v) is 8.83. The van der Waals surface area contributed by atoms with Crippen molar-refractivity contribution in [3.8, 4) is 11.1 Å². The van der Waals surface area contributed by atoms with Crippen LogP contribution in [0, 0.1) is 0 Å². The van der Waals surface area contributed by atoms with E-state index in [9.17, 15) is 19.2 Å². The van der Waals surface area contributed by atoms with Crippen molar-refractivity contribution >= 4 is 35.0 Å². The van der Waals surface area contributed by atoms with Crippen molar-refractivity contribution in [2.24, 2.45) is 0 Å². The first-order valence-electron chi connectivity index (χ1n) is 17.4. The van der Waals surface area contributed by atoms with Crippen molar-refractivity contribution in [1.82, 2.24) is 5.32 Å². The maximum absolute atomic E-state index is 13.5. The molecular weight excluding hydrogens is 679 g/mol. The number of benzene rings is 6. The second-order valence-corrected chi connectivity index (χ2v) is 12.7. The Hall–Kier alpha value is -7.00. The van der Waals surface area contributed by atoms with Gasteiger partial charge in [-0.2, -0.15) is 0 Å². The number of amides is 1. The van der Waals surface area contributed by atoms with Crippen LogP contribution in [0.25, 0.3) is 11.1 Å². The lowest BCUT2D eigenvalue weighted by Crippen LogP contribution is -2.22. The Kier molecular flexibility index (Phi) is 11.9. The van der Waals surface area contributed by atoms with Gasteiger partial charge in [0.05, 0.1) is 11.1 Å². The van der Waals surface area contributed by atoms with E-state index in [-0.39, 0.29) is 36.0 Å². The number of Topliss-reactive ketones (excluding diaryl/α,β-unsaturated/α-hetero) is 1. The number of rotatable bonds is 14. The lowest BCUT2D eigenvalue weighted by atomic mass is 9.94. The molecule has 1 amide bonds. The molecule has 6 aromatic carbocycles. The molecule has 0 bridgehead atoms. The molecule has 6 aromatic rings. The summed E-state index contributed by atoms with van der Waals surface area (Å²) in [6.07, 6.45) is 1.04. The van der Waals surface area contributed by atoms with E-state index in [1.165, 1.54) is 12.1 Å². The normalized spacial score (nSPS) is 10.7. The van der Waals surface area contributed by atoms with E-state index in [4.69, 9.17) is 20.9 Å². The van der Waals surface area contributed by atoms with Gasteiger partial charge in [-0.1, -0.05) is 109 Å². The van der Waals surface area contributed by atoms with Crippen LogP contribution in [0.1, 0.15) is 70.1 Å². The van der Waals surface area contributed by atoms with Gasteiger partial charge in [0.1, 0.15) is 13.2 Å². The Morgan fingerprint density at radius 1 is 0.500 bits per heavy atom. The molecule has 0 radical (unpaired) electrons. The number of nitrogens with two attached hydrogens (primary N) is 2. The van der Waals surface area contributed by atoms with E-state index >= 15 is 0 Å². The highest BCUT2D eigenvalue weighted by atomic mass is 16.5. The Balaban J connectivity index is 1.09. The van der Waals surface area contributed by atoms with E-state index in [2.05, 4.69) is 5.32 Å². The second kappa shape index (κ2) is 17.5. The summed E-state index contributed by atoms with van der Waals surface area (Å²) in [6, 6.07) is 42.7. The number of esters is 2. The van der Waals surface area contributed by atoms with Crippen molar-refractivity contribution in [3.05, 3.63) is 190 Å². The van der Waals surface area contributed by atoms with E-state index in [1.54, 1.807) is 72.8 Å². The molecule has 0 heterocycles. The zero-order valence-corrected chi connectivity index (χ0v) is 29.5. The lowest BCUT2D eigenvalue weighted by Gasteiger charge is -2.15. The minimum Gasteiger partial charge on any atom is -0.457 e. The van der Waals surface area contributed by atoms with Gasteiger partial charge in [0.25, 0.3) is 5.91 Å². The van der Waals surface area contributed by atoms with Crippen LogP contribution in [0.4, 0.5) is 11.4 Å². The number of nitrogen functional groups attached to an aromatic ring is 2. The first-order chi connectivity index (χ1) is 26.2. The summed E-state index contributed by atoms with van der Waals surface area (Å²) in [5, 5.41) is 2.89. The molecule has 0 aliphatic heterocycles. The van der Waals surface area contributed by atoms with Crippen molar-refractivity contribution in [3.63, 3.8) is 0 Å². The Labute approximate surface area is 313 Å². The van der Waals surface area contributed by atoms with E-state index < -0.39 is 11.9 Å². The Morgan fingerprint density at radius 2 is 0.963 bits per heavy atom. The smallest absolute Gasteiger partial charge is 0.339 e. The van der Waals surface area contributed by atoms with E-state index in [0.717, 1.165) is 11.1 Å². The molecule has 9 nitrogen and oxygen atoms in total. The number of carbonyl (C=O) groups excluding carboxylic acids is 4. The highest BCUT2D eigenvalue weighted by molar-refractivity contribution is 6.04. The van der Waals surface area contributed by atoms with Gasteiger partial charge in [0.2, 0.25) is 0 Å². The van der Waals surface area contributed by atoms with E-state index in [0.29, 0.717) is 64.1 Å². The van der Waals surface area contributed by atoms with Crippen LogP contribution in [0.15, 0.2) is 146 Å². The van der Waals surface area contributed by atoms with Crippen LogP contribution in [0.5, 0.6) is 0 Å². The van der Waals surface area contributed by atoms with Crippen LogP contribution in [0.3, 0.4) is 0 Å². The molecule has 270 valence electrons. The SMILES string of the molecule is Nc1ccc(-c2ccc(N)cc2C(=O)OCc2ccc(C(=O)NCc3ccccc3)cc2)c(C(=O)OCc2ccc(C(=O)CCc3ccccc3)cc2)c1. The number of anilines is 2. The number of ketones is 1. The Morgan fingerprint density at radius 3 is 1.46 bits per heavy atom. The fraction of sp³-hybridized carbons (Fsp3) is 0.111. The molecule has 9 heteroatoms. The molecule has 0 spiro atoms. The molecule has 0 aliphatic rings. The van der Waals surface area contributed by atoms with Gasteiger partial charge in [0.15, 0.2) is 5.78 Å². The fourth-order valence-corrected chi connectivity index (χ4v) is 5.85. The van der Waals surface area contributed by atoms with Gasteiger partial charge >= 0.3 is 11.9 Å². The van der Waals surface area contributed by atoms with Gasteiger partial charge < -0.3 is 26.3 Å². The number of nitrogens with one attached hydrogen (secondary N) is 1. The number of hydrogen-bond donors (Lipinski definition) is 3. The van der Waals surface area contributed by atoms with Gasteiger partial charge in [-0.15, -0.1) is 0 Å². The predicted octanol–water partition coefficient (Wildman–Crippen LogP) is 7.98. The number of aryl methyl sites for hydroxylation is 1. The highest BCUT2D eigenvalue weighted by Crippen LogP contribution is 2.32. The fourth-order valence-electron chi connectivity index (χ4n) is 5.85. The number of ether oxygens (including phenoxy) is 2. The summed E-state index contributed by atoms with van der Waals surface area (Å²) < 4.78 is 11.4. The molecule has 0 saturated heterocycles. The average Bonchev–Trinajstić information content (AvgIpc) is 3.21. The van der Waals surface area contributed by atoms with Crippen LogP contribution in [0.2, 0.25) is 0 Å². The molecule has 0 fully saturated rings. The average molecular weight is 718 g/mol. The van der Waals surface area contributed by atoms with Gasteiger partial charge in [0, 0.05) is 35.5 Å². The van der Waals surface area contributed by atoms with Crippen LogP contribution >= 0.6 is 0 Å². The minimum atomic E-state index is -0.656. The maximum atomic E-state index is 13.5. The summed E-state index contributed by atoms with van der Waals surface area (Å²) in [4.78, 5) is 52.4. The van der Waals surface area contributed by atoms with Gasteiger partial charge in [-0.25, -0.2) is 9.59 Å². The van der Waals surface area contributed by atoms with E-state index in [1.807, 2.05) is 60.7 Å². The topological polar surface area (TPSA) is 151 Å². The van der Waals surface area contributed by atoms with Gasteiger partial charge in [-0.05, 0) is 76.2 Å². The molecule has 0 unspecified atom stereocenters. The molecule has 6 rings (SSSR count). The van der Waals surface area contributed by atoms with Crippen LogP contribution in [-0.2, 0) is 35.7 Å². The van der Waals surface area contributed by atoms with Crippen LogP contribution in [-0.4, -0.2) is 23.6 Å². The maximum Gasteiger partial charge on any atom is 0.339 e. The first-order valence-corrected chi connectivity index (χ1v) is 17.4. The van der Waals surface area contributed by atoms with Crippen LogP contribution < -0.4 is 16.8 Å². The highest BCUT2D eigenvalue weighted by Gasteiger charge is 2.22. The first kappa shape index (κ1) is 36.8. The number of carbonyl (C=O) groups is 4. The summed E-state index contributed by atoms with van der Waals surface area (Å²) >= 11 is 0. The molecule has 54 heavy (non-hydrogen) atoms. The molecular formula is C45H39N3O6. The Bertz CT molecular complexity index is 2090. The quantitative estimate of drug-likeness (QED) is 0.0583. The van der Waals surface area contributed by atoms with Crippen molar-refractivity contribution in [1.29, 1.82) is 0 Å². The molecule has 0 saturated carbocycles. The monoisotopic (exact) mass is 717 g/mol. The van der Waals surface area contributed by atoms with Crippen molar-refractivity contribution < 1.29 is 28.7 Å². The third-order valence-electron chi connectivity index (χ3n) is 8.83. The standard InChI is InChI=1S/C45H39N3O6/c46-36-20-22-38(40(25-36)44(51)53-28-32-11-16-34(17-12-32)42(49)24-15-30-7-3-1-4-8-30)39-23-21-37(47)26-41(39)45(52)54-29-33-13-18-35(19-14-33)43(50)48-27-31-9-5-2-6-10-31/h1-14,16-23,25-26H,15,24,27-29,46-47H2,(H,48,50). The van der Waals surface area contributed by atoms with Crippen molar-refractivity contribution in [2.45, 2.75) is 32.6 Å². The molecule has 0 atom stereocenters. The number of hydrogen-bond acceptors (Lipinski definition) is 8. The molecule has 5 N–H and O–H groups in total. The zero-order valence-electron chi connectivity index (χ0n) is 29.5. The second-order valence-electron chi connectivity index (χ2n) is 12.7. The van der Waals surface area contributed by atoms with Gasteiger partial charge in [-0.3, -0.25) is 9.59 Å². The predicted molar refractivity (Wildman–Crippen MR) is 209 cm³/mol. The summed E-state index contributed by atoms with van der Waals surface area (Å²) in [5.74, 6) is -1.49. The minimum absolute atomic E-state index is 0.0294. The largest absolute Gasteiger partial charge is 0.457 e. The summed E-state index contributed by atoms with van der Waals surface area (Å²) in [6.45, 7) is 0.297. The zero-order chi connectivity index (χ0) is 37.9. The van der Waals surface area contributed by atoms with Crippen molar-refractivity contribution in [2.75, 3.05) is 11.5 Å². The summed E-state index contributed by atoms with van der Waals surface area (Å²) in [7, 11) is 0. The molecule has 0 aliphatic carbocycles. The third kappa shape index (κ3) is 9.65.